The molecule has 0 aliphatic heterocycles. The minimum atomic E-state index is 0.472. The second-order valence-corrected chi connectivity index (χ2v) is 2.72. The summed E-state index contributed by atoms with van der Waals surface area (Å²) in [5.74, 6) is 0.605. The molecule has 1 N–H and O–H groups in total. The van der Waals surface area contributed by atoms with Gasteiger partial charge in [-0.25, -0.2) is 4.98 Å². The van der Waals surface area contributed by atoms with E-state index in [4.69, 9.17) is 16.9 Å². The van der Waals surface area contributed by atoms with E-state index in [-0.39, 0.29) is 0 Å². The fourth-order valence-electron chi connectivity index (χ4n) is 0.869. The van der Waals surface area contributed by atoms with E-state index in [1.54, 1.807) is 20.0 Å². The van der Waals surface area contributed by atoms with Crippen LogP contribution in [0.5, 0.6) is 0 Å². The topological polar surface area (TPSA) is 48.7 Å². The van der Waals surface area contributed by atoms with Crippen LogP contribution in [-0.4, -0.2) is 12.0 Å². The number of rotatable bonds is 1. The van der Waals surface area contributed by atoms with Gasteiger partial charge in [0.25, 0.3) is 0 Å². The van der Waals surface area contributed by atoms with Crippen molar-refractivity contribution in [2.45, 2.75) is 6.92 Å². The average Bonchev–Trinajstić information content (AvgIpc) is 2.08. The number of nitrogens with zero attached hydrogens (tertiary/aromatic N) is 2. The van der Waals surface area contributed by atoms with E-state index in [9.17, 15) is 0 Å². The molecule has 12 heavy (non-hydrogen) atoms. The molecule has 62 valence electrons. The van der Waals surface area contributed by atoms with E-state index in [0.717, 1.165) is 0 Å². The van der Waals surface area contributed by atoms with E-state index >= 15 is 0 Å². The fourth-order valence-corrected chi connectivity index (χ4v) is 1.12. The monoisotopic (exact) mass is 181 g/mol. The number of aromatic nitrogens is 1. The van der Waals surface area contributed by atoms with Gasteiger partial charge in [-0.05, 0) is 13.0 Å². The van der Waals surface area contributed by atoms with Crippen LogP contribution in [0.15, 0.2) is 6.07 Å². The second kappa shape index (κ2) is 3.42. The van der Waals surface area contributed by atoms with Gasteiger partial charge in [0.15, 0.2) is 0 Å². The standard InChI is InChI=1S/C8H8ClN3/c1-5-6(4-10)3-7(9)8(11-2)12-5/h3H,1-2H3,(H,11,12). The van der Waals surface area contributed by atoms with Crippen LogP contribution in [0, 0.1) is 18.3 Å². The van der Waals surface area contributed by atoms with Crippen molar-refractivity contribution in [1.29, 1.82) is 5.26 Å². The predicted molar refractivity (Wildman–Crippen MR) is 48.2 cm³/mol. The lowest BCUT2D eigenvalue weighted by atomic mass is 10.2. The number of nitrogens with one attached hydrogen (secondary N) is 1. The maximum atomic E-state index is 8.64. The van der Waals surface area contributed by atoms with Crippen molar-refractivity contribution in [2.24, 2.45) is 0 Å². The molecule has 4 heteroatoms. The van der Waals surface area contributed by atoms with E-state index in [0.29, 0.717) is 22.1 Å². The Labute approximate surface area is 76.0 Å². The highest BCUT2D eigenvalue weighted by Crippen LogP contribution is 2.21. The summed E-state index contributed by atoms with van der Waals surface area (Å²) in [6.07, 6.45) is 0. The van der Waals surface area contributed by atoms with Crippen molar-refractivity contribution in [1.82, 2.24) is 4.98 Å². The van der Waals surface area contributed by atoms with Gasteiger partial charge in [0.1, 0.15) is 11.9 Å². The first-order valence-electron chi connectivity index (χ1n) is 3.44. The summed E-state index contributed by atoms with van der Waals surface area (Å²) in [7, 11) is 1.74. The average molecular weight is 182 g/mol. The Morgan fingerprint density at radius 1 is 1.67 bits per heavy atom. The lowest BCUT2D eigenvalue weighted by Crippen LogP contribution is -1.97. The molecule has 1 aromatic rings. The van der Waals surface area contributed by atoms with Gasteiger partial charge < -0.3 is 5.32 Å². The van der Waals surface area contributed by atoms with Crippen molar-refractivity contribution in [2.75, 3.05) is 12.4 Å². The molecule has 0 aliphatic carbocycles. The first kappa shape index (κ1) is 8.82. The molecule has 1 heterocycles. The molecule has 0 saturated heterocycles. The molecule has 0 aliphatic rings. The van der Waals surface area contributed by atoms with Gasteiger partial charge in [0.2, 0.25) is 0 Å². The van der Waals surface area contributed by atoms with Crippen LogP contribution in [-0.2, 0) is 0 Å². The molecule has 0 spiro atoms. The van der Waals surface area contributed by atoms with Gasteiger partial charge in [-0.15, -0.1) is 0 Å². The van der Waals surface area contributed by atoms with E-state index in [1.807, 2.05) is 6.07 Å². The van der Waals surface area contributed by atoms with E-state index in [1.165, 1.54) is 0 Å². The molecule has 0 aromatic carbocycles. The van der Waals surface area contributed by atoms with Crippen molar-refractivity contribution in [3.63, 3.8) is 0 Å². The maximum Gasteiger partial charge on any atom is 0.144 e. The highest BCUT2D eigenvalue weighted by atomic mass is 35.5. The number of halogens is 1. The molecular weight excluding hydrogens is 174 g/mol. The van der Waals surface area contributed by atoms with Gasteiger partial charge in [-0.2, -0.15) is 5.26 Å². The summed E-state index contributed by atoms with van der Waals surface area (Å²) in [6.45, 7) is 1.77. The highest BCUT2D eigenvalue weighted by Gasteiger charge is 2.04. The molecular formula is C8H8ClN3. The smallest absolute Gasteiger partial charge is 0.144 e. The minimum Gasteiger partial charge on any atom is -0.372 e. The fraction of sp³-hybridized carbons (Fsp3) is 0.250. The lowest BCUT2D eigenvalue weighted by molar-refractivity contribution is 1.17. The van der Waals surface area contributed by atoms with E-state index in [2.05, 4.69) is 10.3 Å². The van der Waals surface area contributed by atoms with Crippen LogP contribution in [0.3, 0.4) is 0 Å². The summed E-state index contributed by atoms with van der Waals surface area (Å²) in [4.78, 5) is 4.10. The van der Waals surface area contributed by atoms with Crippen LogP contribution in [0.4, 0.5) is 5.82 Å². The Hall–Kier alpha value is -1.27. The third-order valence-electron chi connectivity index (χ3n) is 1.52. The quantitative estimate of drug-likeness (QED) is 0.721. The van der Waals surface area contributed by atoms with E-state index < -0.39 is 0 Å². The largest absolute Gasteiger partial charge is 0.372 e. The first-order valence-corrected chi connectivity index (χ1v) is 3.82. The third kappa shape index (κ3) is 1.49. The molecule has 1 rings (SSSR count). The van der Waals surface area contributed by atoms with Crippen molar-refractivity contribution in [3.05, 3.63) is 22.3 Å². The molecule has 0 amide bonds. The Kier molecular flexibility index (Phi) is 2.51. The predicted octanol–water partition coefficient (Wildman–Crippen LogP) is 1.96. The Bertz CT molecular complexity index is 340. The molecule has 0 atom stereocenters. The van der Waals surface area contributed by atoms with Crippen LogP contribution in [0.25, 0.3) is 0 Å². The zero-order valence-electron chi connectivity index (χ0n) is 6.85. The number of aryl methyl sites for hydroxylation is 1. The summed E-state index contributed by atoms with van der Waals surface area (Å²) in [5, 5.41) is 11.9. The Morgan fingerprint density at radius 2 is 2.33 bits per heavy atom. The molecule has 0 saturated carbocycles. The van der Waals surface area contributed by atoms with Gasteiger partial charge in [-0.3, -0.25) is 0 Å². The maximum absolute atomic E-state index is 8.64. The molecule has 0 radical (unpaired) electrons. The Morgan fingerprint density at radius 3 is 2.83 bits per heavy atom. The lowest BCUT2D eigenvalue weighted by Gasteiger charge is -2.03. The SMILES string of the molecule is CNc1nc(C)c(C#N)cc1Cl. The zero-order valence-corrected chi connectivity index (χ0v) is 7.61. The Balaban J connectivity index is 3.28. The summed E-state index contributed by atoms with van der Waals surface area (Å²) in [6, 6.07) is 3.62. The minimum absolute atomic E-state index is 0.472. The van der Waals surface area contributed by atoms with Crippen LogP contribution < -0.4 is 5.32 Å². The third-order valence-corrected chi connectivity index (χ3v) is 1.81. The molecule has 1 aromatic heterocycles. The number of nitriles is 1. The van der Waals surface area contributed by atoms with Crippen molar-refractivity contribution < 1.29 is 0 Å². The summed E-state index contributed by atoms with van der Waals surface area (Å²) >= 11 is 5.80. The number of hydrogen-bond acceptors (Lipinski definition) is 3. The molecule has 0 unspecified atom stereocenters. The van der Waals surface area contributed by atoms with Gasteiger partial charge in [0.05, 0.1) is 16.3 Å². The summed E-state index contributed by atoms with van der Waals surface area (Å²) in [5.41, 5.74) is 1.20. The normalized spacial score (nSPS) is 9.17. The molecule has 0 fully saturated rings. The highest BCUT2D eigenvalue weighted by molar-refractivity contribution is 6.33. The molecule has 3 nitrogen and oxygen atoms in total. The summed E-state index contributed by atoms with van der Waals surface area (Å²) < 4.78 is 0. The van der Waals surface area contributed by atoms with Crippen molar-refractivity contribution >= 4 is 17.4 Å². The first-order chi connectivity index (χ1) is 5.69. The van der Waals surface area contributed by atoms with Gasteiger partial charge in [0, 0.05) is 7.05 Å². The molecule has 0 bridgehead atoms. The number of anilines is 1. The number of hydrogen-bond donors (Lipinski definition) is 1. The van der Waals surface area contributed by atoms with Crippen LogP contribution in [0.2, 0.25) is 5.02 Å². The van der Waals surface area contributed by atoms with Gasteiger partial charge >= 0.3 is 0 Å². The zero-order chi connectivity index (χ0) is 9.14. The van der Waals surface area contributed by atoms with Crippen LogP contribution in [0.1, 0.15) is 11.3 Å². The van der Waals surface area contributed by atoms with Gasteiger partial charge in [-0.1, -0.05) is 11.6 Å². The number of pyridine rings is 1. The van der Waals surface area contributed by atoms with Crippen LogP contribution >= 0.6 is 11.6 Å². The second-order valence-electron chi connectivity index (χ2n) is 2.31. The van der Waals surface area contributed by atoms with Crippen molar-refractivity contribution in [3.8, 4) is 6.07 Å².